The Morgan fingerprint density at radius 1 is 0.821 bits per heavy atom. The quantitative estimate of drug-likeness (QED) is 0.677. The number of nitrogens with one attached hydrogen (secondary N) is 2. The fourth-order valence-corrected chi connectivity index (χ4v) is 2.41. The largest absolute Gasteiger partial charge is 0.490 e. The predicted octanol–water partition coefficient (Wildman–Crippen LogP) is 3.10. The molecule has 0 radical (unpaired) electrons. The highest BCUT2D eigenvalue weighted by Crippen LogP contribution is 2.39. The van der Waals surface area contributed by atoms with Gasteiger partial charge < -0.3 is 14.2 Å². The molecule has 28 heavy (non-hydrogen) atoms. The van der Waals surface area contributed by atoms with Crippen molar-refractivity contribution in [3.8, 4) is 17.2 Å². The second kappa shape index (κ2) is 10.1. The molecule has 0 bridgehead atoms. The summed E-state index contributed by atoms with van der Waals surface area (Å²) in [5, 5.41) is 0. The van der Waals surface area contributed by atoms with Crippen LogP contribution in [0.2, 0.25) is 0 Å². The molecule has 0 heterocycles. The minimum Gasteiger partial charge on any atom is -0.490 e. The highest BCUT2D eigenvalue weighted by Gasteiger charge is 2.19. The third kappa shape index (κ3) is 5.35. The lowest BCUT2D eigenvalue weighted by atomic mass is 10.1. The molecule has 0 aliphatic rings. The minimum atomic E-state index is -0.645. The van der Waals surface area contributed by atoms with Gasteiger partial charge in [-0.05, 0) is 51.1 Å². The van der Waals surface area contributed by atoms with Crippen LogP contribution in [0.15, 0.2) is 36.4 Å². The zero-order chi connectivity index (χ0) is 20.5. The first kappa shape index (κ1) is 21.0. The van der Waals surface area contributed by atoms with E-state index < -0.39 is 17.6 Å². The molecule has 2 amide bonds. The van der Waals surface area contributed by atoms with Crippen LogP contribution in [-0.4, -0.2) is 31.6 Å². The summed E-state index contributed by atoms with van der Waals surface area (Å²) in [7, 11) is 0. The molecule has 0 unspecified atom stereocenters. The number of carbonyl (C=O) groups is 2. The summed E-state index contributed by atoms with van der Waals surface area (Å²) in [6.45, 7) is 6.58. The molecule has 0 spiro atoms. The first-order valence-corrected chi connectivity index (χ1v) is 8.92. The van der Waals surface area contributed by atoms with Gasteiger partial charge in [-0.2, -0.15) is 0 Å². The molecule has 2 aromatic carbocycles. The van der Waals surface area contributed by atoms with Gasteiger partial charge in [-0.15, -0.1) is 0 Å². The molecule has 0 aliphatic heterocycles. The maximum absolute atomic E-state index is 13.2. The van der Waals surface area contributed by atoms with Crippen LogP contribution < -0.4 is 25.1 Å². The highest BCUT2D eigenvalue weighted by molar-refractivity contribution is 5.99. The van der Waals surface area contributed by atoms with Crippen molar-refractivity contribution >= 4 is 11.8 Å². The normalized spacial score (nSPS) is 10.1. The maximum Gasteiger partial charge on any atom is 0.269 e. The molecule has 0 aromatic heterocycles. The summed E-state index contributed by atoms with van der Waals surface area (Å²) in [6, 6.07) is 8.13. The Morgan fingerprint density at radius 3 is 1.86 bits per heavy atom. The van der Waals surface area contributed by atoms with Gasteiger partial charge in [0.05, 0.1) is 19.8 Å². The standard InChI is InChI=1S/C20H23FN2O5/c1-4-26-16-11-14(12-17(27-5-2)18(16)28-6-3)20(25)23-22-19(24)13-8-7-9-15(21)10-13/h7-12H,4-6H2,1-3H3,(H,22,24)(H,23,25). The van der Waals surface area contributed by atoms with Crippen molar-refractivity contribution in [2.45, 2.75) is 20.8 Å². The van der Waals surface area contributed by atoms with Gasteiger partial charge in [0.15, 0.2) is 11.5 Å². The Morgan fingerprint density at radius 2 is 1.36 bits per heavy atom. The van der Waals surface area contributed by atoms with Crippen molar-refractivity contribution in [2.75, 3.05) is 19.8 Å². The van der Waals surface area contributed by atoms with Crippen LogP contribution in [0.1, 0.15) is 41.5 Å². The van der Waals surface area contributed by atoms with E-state index in [4.69, 9.17) is 14.2 Å². The molecule has 0 saturated heterocycles. The van der Waals surface area contributed by atoms with Crippen LogP contribution in [0.4, 0.5) is 4.39 Å². The number of ether oxygens (including phenoxy) is 3. The van der Waals surface area contributed by atoms with Crippen LogP contribution in [0.5, 0.6) is 17.2 Å². The predicted molar refractivity (Wildman–Crippen MR) is 101 cm³/mol. The third-order valence-electron chi connectivity index (χ3n) is 3.55. The molecule has 0 fully saturated rings. The Bertz CT molecular complexity index is 814. The van der Waals surface area contributed by atoms with E-state index in [1.165, 1.54) is 30.3 Å². The molecular weight excluding hydrogens is 367 g/mol. The van der Waals surface area contributed by atoms with Gasteiger partial charge in [-0.3, -0.25) is 20.4 Å². The van der Waals surface area contributed by atoms with E-state index in [-0.39, 0.29) is 11.1 Å². The number of hydrogen-bond donors (Lipinski definition) is 2. The van der Waals surface area contributed by atoms with Gasteiger partial charge in [-0.25, -0.2) is 4.39 Å². The van der Waals surface area contributed by atoms with Crippen LogP contribution in [-0.2, 0) is 0 Å². The van der Waals surface area contributed by atoms with Gasteiger partial charge in [-0.1, -0.05) is 6.07 Å². The topological polar surface area (TPSA) is 85.9 Å². The van der Waals surface area contributed by atoms with Gasteiger partial charge >= 0.3 is 0 Å². The third-order valence-corrected chi connectivity index (χ3v) is 3.55. The monoisotopic (exact) mass is 390 g/mol. The number of halogens is 1. The summed E-state index contributed by atoms with van der Waals surface area (Å²) in [5.41, 5.74) is 4.83. The van der Waals surface area contributed by atoms with E-state index in [1.54, 1.807) is 0 Å². The zero-order valence-corrected chi connectivity index (χ0v) is 16.0. The summed E-state index contributed by atoms with van der Waals surface area (Å²) in [4.78, 5) is 24.5. The van der Waals surface area contributed by atoms with Gasteiger partial charge in [0, 0.05) is 11.1 Å². The Labute approximate surface area is 162 Å². The average Bonchev–Trinajstić information content (AvgIpc) is 2.68. The number of hydrazine groups is 1. The van der Waals surface area contributed by atoms with Crippen LogP contribution in [0, 0.1) is 5.82 Å². The van der Waals surface area contributed by atoms with Gasteiger partial charge in [0.2, 0.25) is 5.75 Å². The molecule has 0 aliphatic carbocycles. The fraction of sp³-hybridized carbons (Fsp3) is 0.300. The number of benzene rings is 2. The number of rotatable bonds is 8. The number of carbonyl (C=O) groups excluding carboxylic acids is 2. The smallest absolute Gasteiger partial charge is 0.269 e. The molecular formula is C20H23FN2O5. The number of amides is 2. The van der Waals surface area contributed by atoms with Crippen molar-refractivity contribution in [3.05, 3.63) is 53.3 Å². The van der Waals surface area contributed by atoms with Crippen molar-refractivity contribution in [3.63, 3.8) is 0 Å². The Balaban J connectivity index is 2.20. The van der Waals surface area contributed by atoms with Crippen molar-refractivity contribution in [1.82, 2.24) is 10.9 Å². The molecule has 2 aromatic rings. The fourth-order valence-electron chi connectivity index (χ4n) is 2.41. The van der Waals surface area contributed by atoms with E-state index in [9.17, 15) is 14.0 Å². The first-order chi connectivity index (χ1) is 13.5. The lowest BCUT2D eigenvalue weighted by Crippen LogP contribution is -2.41. The Hall–Kier alpha value is -3.29. The van der Waals surface area contributed by atoms with Gasteiger partial charge in [0.1, 0.15) is 5.82 Å². The van der Waals surface area contributed by atoms with E-state index in [0.717, 1.165) is 6.07 Å². The molecule has 0 atom stereocenters. The van der Waals surface area contributed by atoms with E-state index >= 15 is 0 Å². The lowest BCUT2D eigenvalue weighted by molar-refractivity contribution is 0.0846. The van der Waals surface area contributed by atoms with Gasteiger partial charge in [0.25, 0.3) is 11.8 Å². The molecule has 150 valence electrons. The summed E-state index contributed by atoms with van der Waals surface area (Å²) < 4.78 is 29.9. The number of hydrogen-bond acceptors (Lipinski definition) is 5. The molecule has 2 rings (SSSR count). The first-order valence-electron chi connectivity index (χ1n) is 8.92. The van der Waals surface area contributed by atoms with Crippen LogP contribution in [0.3, 0.4) is 0 Å². The second-order valence-corrected chi connectivity index (χ2v) is 5.52. The average molecular weight is 390 g/mol. The molecule has 2 N–H and O–H groups in total. The summed E-state index contributed by atoms with van der Waals surface area (Å²) >= 11 is 0. The summed E-state index contributed by atoms with van der Waals surface area (Å²) in [5.74, 6) is -0.655. The second-order valence-electron chi connectivity index (χ2n) is 5.52. The van der Waals surface area contributed by atoms with Crippen molar-refractivity contribution < 1.29 is 28.2 Å². The van der Waals surface area contributed by atoms with E-state index in [2.05, 4.69) is 10.9 Å². The molecule has 0 saturated carbocycles. The van der Waals surface area contributed by atoms with Crippen LogP contribution in [0.25, 0.3) is 0 Å². The van der Waals surface area contributed by atoms with E-state index in [1.807, 2.05) is 20.8 Å². The maximum atomic E-state index is 13.2. The lowest BCUT2D eigenvalue weighted by Gasteiger charge is -2.17. The van der Waals surface area contributed by atoms with Crippen molar-refractivity contribution in [2.24, 2.45) is 0 Å². The van der Waals surface area contributed by atoms with E-state index in [0.29, 0.717) is 37.1 Å². The van der Waals surface area contributed by atoms with Crippen LogP contribution >= 0.6 is 0 Å². The zero-order valence-electron chi connectivity index (χ0n) is 16.0. The Kier molecular flexibility index (Phi) is 7.62. The molecule has 7 nitrogen and oxygen atoms in total. The molecule has 8 heteroatoms. The SMILES string of the molecule is CCOc1cc(C(=O)NNC(=O)c2cccc(F)c2)cc(OCC)c1OCC. The summed E-state index contributed by atoms with van der Waals surface area (Å²) in [6.07, 6.45) is 0. The van der Waals surface area contributed by atoms with Crippen molar-refractivity contribution in [1.29, 1.82) is 0 Å². The minimum absolute atomic E-state index is 0.0806. The highest BCUT2D eigenvalue weighted by atomic mass is 19.1.